The zero-order chi connectivity index (χ0) is 15.4. The predicted octanol–water partition coefficient (Wildman–Crippen LogP) is 4.08. The zero-order valence-electron chi connectivity index (χ0n) is 11.6. The summed E-state index contributed by atoms with van der Waals surface area (Å²) < 4.78 is 15.5. The van der Waals surface area contributed by atoms with Crippen LogP contribution in [-0.4, -0.2) is 9.78 Å². The van der Waals surface area contributed by atoms with Crippen LogP contribution in [0.2, 0.25) is 0 Å². The molecule has 1 aromatic heterocycles. The van der Waals surface area contributed by atoms with E-state index in [0.717, 1.165) is 11.3 Å². The summed E-state index contributed by atoms with van der Waals surface area (Å²) in [6.07, 6.45) is 5.23. The van der Waals surface area contributed by atoms with Gasteiger partial charge in [0, 0.05) is 18.0 Å². The third kappa shape index (κ3) is 2.79. The number of halogens is 1. The molecular formula is C18H12FN3. The van der Waals surface area contributed by atoms with Crippen LogP contribution in [0.25, 0.3) is 17.3 Å². The fourth-order valence-corrected chi connectivity index (χ4v) is 2.16. The molecule has 1 heterocycles. The van der Waals surface area contributed by atoms with Crippen molar-refractivity contribution < 1.29 is 4.39 Å². The first-order valence-electron chi connectivity index (χ1n) is 6.75. The van der Waals surface area contributed by atoms with E-state index in [2.05, 4.69) is 11.2 Å². The zero-order valence-corrected chi connectivity index (χ0v) is 11.6. The maximum Gasteiger partial charge on any atom is 0.131 e. The van der Waals surface area contributed by atoms with Crippen molar-refractivity contribution in [3.63, 3.8) is 0 Å². The van der Waals surface area contributed by atoms with Gasteiger partial charge in [0.15, 0.2) is 0 Å². The summed E-state index contributed by atoms with van der Waals surface area (Å²) in [5.74, 6) is -0.400. The minimum absolute atomic E-state index is 0.296. The molecule has 0 aliphatic rings. The molecule has 0 bridgehead atoms. The van der Waals surface area contributed by atoms with Gasteiger partial charge in [-0.25, -0.2) is 9.07 Å². The number of nitriles is 1. The highest BCUT2D eigenvalue weighted by molar-refractivity contribution is 5.89. The van der Waals surface area contributed by atoms with Crippen molar-refractivity contribution >= 4 is 11.6 Å². The van der Waals surface area contributed by atoms with Gasteiger partial charge in [0.1, 0.15) is 5.82 Å². The summed E-state index contributed by atoms with van der Waals surface area (Å²) in [6, 6.07) is 17.7. The highest BCUT2D eigenvalue weighted by Gasteiger charge is 2.06. The smallest absolute Gasteiger partial charge is 0.131 e. The predicted molar refractivity (Wildman–Crippen MR) is 83.4 cm³/mol. The third-order valence-electron chi connectivity index (χ3n) is 3.26. The fourth-order valence-electron chi connectivity index (χ4n) is 2.16. The molecule has 0 fully saturated rings. The summed E-state index contributed by atoms with van der Waals surface area (Å²) in [6.45, 7) is 0. The lowest BCUT2D eigenvalue weighted by molar-refractivity contribution is 0.624. The lowest BCUT2D eigenvalue weighted by atomic mass is 10.0. The molecule has 3 nitrogen and oxygen atoms in total. The van der Waals surface area contributed by atoms with Crippen LogP contribution in [0.5, 0.6) is 0 Å². The molecule has 3 rings (SSSR count). The third-order valence-corrected chi connectivity index (χ3v) is 3.26. The topological polar surface area (TPSA) is 41.6 Å². The lowest BCUT2D eigenvalue weighted by Gasteiger charge is -2.03. The Morgan fingerprint density at radius 3 is 2.50 bits per heavy atom. The van der Waals surface area contributed by atoms with E-state index >= 15 is 0 Å². The average Bonchev–Trinajstić information content (AvgIpc) is 3.08. The van der Waals surface area contributed by atoms with E-state index in [1.54, 1.807) is 35.2 Å². The monoisotopic (exact) mass is 289 g/mol. The highest BCUT2D eigenvalue weighted by Crippen LogP contribution is 2.21. The minimum Gasteiger partial charge on any atom is -0.241 e. The summed E-state index contributed by atoms with van der Waals surface area (Å²) in [7, 11) is 0. The van der Waals surface area contributed by atoms with Gasteiger partial charge in [-0.3, -0.25) is 0 Å². The van der Waals surface area contributed by atoms with E-state index < -0.39 is 5.82 Å². The van der Waals surface area contributed by atoms with Gasteiger partial charge in [-0.15, -0.1) is 0 Å². The molecule has 4 heteroatoms. The molecule has 3 aromatic rings. The van der Waals surface area contributed by atoms with Crippen molar-refractivity contribution in [2.24, 2.45) is 0 Å². The van der Waals surface area contributed by atoms with E-state index in [0.29, 0.717) is 11.1 Å². The molecule has 0 spiro atoms. The summed E-state index contributed by atoms with van der Waals surface area (Å²) in [5.41, 5.74) is 2.35. The van der Waals surface area contributed by atoms with Gasteiger partial charge in [0.25, 0.3) is 0 Å². The number of aromatic nitrogens is 2. The van der Waals surface area contributed by atoms with Crippen LogP contribution in [-0.2, 0) is 0 Å². The SMILES string of the molecule is N#CC(=Cc1ccc(-n2cccn2)cc1)c1ccccc1F. The number of rotatable bonds is 3. The first kappa shape index (κ1) is 13.8. The molecule has 106 valence electrons. The molecule has 22 heavy (non-hydrogen) atoms. The van der Waals surface area contributed by atoms with Gasteiger partial charge >= 0.3 is 0 Å². The number of allylic oxidation sites excluding steroid dienone is 1. The van der Waals surface area contributed by atoms with Gasteiger partial charge in [-0.2, -0.15) is 10.4 Å². The van der Waals surface area contributed by atoms with Crippen LogP contribution in [0.4, 0.5) is 4.39 Å². The van der Waals surface area contributed by atoms with Crippen molar-refractivity contribution in [1.82, 2.24) is 9.78 Å². The summed E-state index contributed by atoms with van der Waals surface area (Å²) in [5, 5.41) is 13.4. The molecule has 2 aromatic carbocycles. The molecule has 0 atom stereocenters. The Kier molecular flexibility index (Phi) is 3.80. The van der Waals surface area contributed by atoms with E-state index in [1.165, 1.54) is 6.07 Å². The molecule has 0 aliphatic carbocycles. The largest absolute Gasteiger partial charge is 0.241 e. The van der Waals surface area contributed by atoms with Crippen molar-refractivity contribution in [3.8, 4) is 11.8 Å². The molecule has 0 saturated carbocycles. The molecule has 0 saturated heterocycles. The second-order valence-electron chi connectivity index (χ2n) is 4.69. The summed E-state index contributed by atoms with van der Waals surface area (Å²) >= 11 is 0. The van der Waals surface area contributed by atoms with Crippen molar-refractivity contribution in [3.05, 3.63) is 83.9 Å². The van der Waals surface area contributed by atoms with Crippen LogP contribution >= 0.6 is 0 Å². The van der Waals surface area contributed by atoms with Crippen molar-refractivity contribution in [2.45, 2.75) is 0 Å². The molecular weight excluding hydrogens is 277 g/mol. The number of benzene rings is 2. The maximum absolute atomic E-state index is 13.8. The highest BCUT2D eigenvalue weighted by atomic mass is 19.1. The van der Waals surface area contributed by atoms with Gasteiger partial charge in [0.05, 0.1) is 17.3 Å². The molecule has 0 N–H and O–H groups in total. The van der Waals surface area contributed by atoms with E-state index in [-0.39, 0.29) is 0 Å². The molecule has 0 radical (unpaired) electrons. The Morgan fingerprint density at radius 2 is 1.86 bits per heavy atom. The number of hydrogen-bond donors (Lipinski definition) is 0. The lowest BCUT2D eigenvalue weighted by Crippen LogP contribution is -1.93. The Balaban J connectivity index is 1.94. The van der Waals surface area contributed by atoms with E-state index in [4.69, 9.17) is 0 Å². The van der Waals surface area contributed by atoms with Crippen LogP contribution in [0.15, 0.2) is 67.0 Å². The molecule has 0 aliphatic heterocycles. The fraction of sp³-hybridized carbons (Fsp3) is 0. The van der Waals surface area contributed by atoms with Gasteiger partial charge < -0.3 is 0 Å². The van der Waals surface area contributed by atoms with Crippen LogP contribution < -0.4 is 0 Å². The molecule has 0 amide bonds. The number of nitrogens with zero attached hydrogens (tertiary/aromatic N) is 3. The Morgan fingerprint density at radius 1 is 1.09 bits per heavy atom. The Hall–Kier alpha value is -3.19. The summed E-state index contributed by atoms with van der Waals surface area (Å²) in [4.78, 5) is 0. The Bertz CT molecular complexity index is 841. The quantitative estimate of drug-likeness (QED) is 0.538. The Labute approximate surface area is 127 Å². The molecule has 0 unspecified atom stereocenters. The van der Waals surface area contributed by atoms with E-state index in [1.807, 2.05) is 36.5 Å². The minimum atomic E-state index is -0.400. The maximum atomic E-state index is 13.8. The van der Waals surface area contributed by atoms with Gasteiger partial charge in [-0.1, -0.05) is 30.3 Å². The standard InChI is InChI=1S/C18H12FN3/c19-18-5-2-1-4-17(18)15(13-20)12-14-6-8-16(9-7-14)22-11-3-10-21-22/h1-12H. The second kappa shape index (κ2) is 6.06. The second-order valence-corrected chi connectivity index (χ2v) is 4.69. The number of hydrogen-bond acceptors (Lipinski definition) is 2. The van der Waals surface area contributed by atoms with Crippen LogP contribution in [0, 0.1) is 17.1 Å². The van der Waals surface area contributed by atoms with Gasteiger partial charge in [-0.05, 0) is 35.9 Å². The van der Waals surface area contributed by atoms with Crippen molar-refractivity contribution in [2.75, 3.05) is 0 Å². The van der Waals surface area contributed by atoms with Crippen LogP contribution in [0.3, 0.4) is 0 Å². The first-order valence-corrected chi connectivity index (χ1v) is 6.75. The first-order chi connectivity index (χ1) is 10.8. The van der Waals surface area contributed by atoms with Gasteiger partial charge in [0.2, 0.25) is 0 Å². The van der Waals surface area contributed by atoms with Crippen LogP contribution in [0.1, 0.15) is 11.1 Å². The van der Waals surface area contributed by atoms with E-state index in [9.17, 15) is 9.65 Å². The normalized spacial score (nSPS) is 11.2. The average molecular weight is 289 g/mol. The van der Waals surface area contributed by atoms with Crippen molar-refractivity contribution in [1.29, 1.82) is 5.26 Å².